The van der Waals surface area contributed by atoms with Crippen molar-refractivity contribution in [3.8, 4) is 11.8 Å². The molecule has 0 amide bonds. The molecular formula is C19H16N2O4. The largest absolute Gasteiger partial charge is 0.496 e. The van der Waals surface area contributed by atoms with Gasteiger partial charge in [0.1, 0.15) is 5.75 Å². The maximum absolute atomic E-state index is 12.2. The number of hydrogen-bond donors (Lipinski definition) is 0. The van der Waals surface area contributed by atoms with E-state index in [4.69, 9.17) is 19.5 Å². The molecule has 0 bridgehead atoms. The maximum Gasteiger partial charge on any atom is 0.335 e. The fourth-order valence-corrected chi connectivity index (χ4v) is 2.66. The van der Waals surface area contributed by atoms with Crippen LogP contribution in [0, 0.1) is 11.3 Å². The first-order valence-electron chi connectivity index (χ1n) is 7.63. The van der Waals surface area contributed by atoms with Crippen LogP contribution in [-0.2, 0) is 14.3 Å². The van der Waals surface area contributed by atoms with Gasteiger partial charge in [0.05, 0.1) is 31.4 Å². The monoisotopic (exact) mass is 336 g/mol. The molecule has 1 aliphatic rings. The highest BCUT2D eigenvalue weighted by molar-refractivity contribution is 6.00. The minimum atomic E-state index is -0.821. The fourth-order valence-electron chi connectivity index (χ4n) is 2.66. The summed E-state index contributed by atoms with van der Waals surface area (Å²) in [7, 11) is 2.87. The Bertz CT molecular complexity index is 852. The molecule has 0 radical (unpaired) electrons. The molecule has 0 fully saturated rings. The van der Waals surface area contributed by atoms with Gasteiger partial charge in [-0.25, -0.2) is 9.79 Å². The van der Waals surface area contributed by atoms with Gasteiger partial charge in [-0.05, 0) is 29.8 Å². The van der Waals surface area contributed by atoms with Crippen molar-refractivity contribution in [1.82, 2.24) is 0 Å². The topological polar surface area (TPSA) is 80.9 Å². The highest BCUT2D eigenvalue weighted by atomic mass is 16.5. The molecule has 2 aromatic carbocycles. The minimum absolute atomic E-state index is 0.321. The van der Waals surface area contributed by atoms with Gasteiger partial charge in [0.2, 0.25) is 5.90 Å². The Morgan fingerprint density at radius 3 is 2.52 bits per heavy atom. The summed E-state index contributed by atoms with van der Waals surface area (Å²) in [5, 5.41) is 8.93. The number of carbonyl (C=O) groups excluding carboxylic acids is 1. The number of rotatable bonds is 4. The molecule has 126 valence electrons. The molecule has 2 aromatic rings. The molecule has 0 N–H and O–H groups in total. The average Bonchev–Trinajstić information content (AvgIpc) is 3.12. The third-order valence-electron chi connectivity index (χ3n) is 3.93. The van der Waals surface area contributed by atoms with Gasteiger partial charge in [-0.1, -0.05) is 24.3 Å². The van der Waals surface area contributed by atoms with Gasteiger partial charge < -0.3 is 14.2 Å². The number of carbonyl (C=O) groups is 1. The van der Waals surface area contributed by atoms with Crippen LogP contribution in [0.4, 0.5) is 0 Å². The predicted molar refractivity (Wildman–Crippen MR) is 90.3 cm³/mol. The first-order chi connectivity index (χ1) is 12.2. The Labute approximate surface area is 145 Å². The van der Waals surface area contributed by atoms with E-state index >= 15 is 0 Å². The van der Waals surface area contributed by atoms with Crippen molar-refractivity contribution in [2.45, 2.75) is 12.1 Å². The lowest BCUT2D eigenvalue weighted by molar-refractivity contribution is -0.143. The van der Waals surface area contributed by atoms with Crippen molar-refractivity contribution in [2.75, 3.05) is 14.2 Å². The highest BCUT2D eigenvalue weighted by Gasteiger charge is 2.39. The standard InChI is InChI=1S/C19H16N2O4/c1-23-15-6-4-3-5-14(15)18-21-16(19(22)24-2)17(25-18)13-9-7-12(11-20)8-10-13/h3-10,16-17H,1-2H3/t16-,17+/m1/s1. The van der Waals surface area contributed by atoms with E-state index in [1.807, 2.05) is 18.2 Å². The molecular weight excluding hydrogens is 320 g/mol. The smallest absolute Gasteiger partial charge is 0.335 e. The van der Waals surface area contributed by atoms with Crippen LogP contribution >= 0.6 is 0 Å². The van der Waals surface area contributed by atoms with E-state index in [0.717, 1.165) is 5.56 Å². The number of para-hydroxylation sites is 1. The van der Waals surface area contributed by atoms with Crippen LogP contribution in [0.1, 0.15) is 22.8 Å². The Morgan fingerprint density at radius 1 is 1.16 bits per heavy atom. The number of methoxy groups -OCH3 is 2. The summed E-state index contributed by atoms with van der Waals surface area (Å²) >= 11 is 0. The summed E-state index contributed by atoms with van der Waals surface area (Å²) in [6.45, 7) is 0. The maximum atomic E-state index is 12.2. The molecule has 2 atom stereocenters. The molecule has 0 unspecified atom stereocenters. The van der Waals surface area contributed by atoms with Gasteiger partial charge in [0.25, 0.3) is 0 Å². The van der Waals surface area contributed by atoms with E-state index in [2.05, 4.69) is 11.1 Å². The van der Waals surface area contributed by atoms with Crippen molar-refractivity contribution >= 4 is 11.9 Å². The summed E-state index contributed by atoms with van der Waals surface area (Å²) in [4.78, 5) is 16.6. The zero-order chi connectivity index (χ0) is 17.8. The van der Waals surface area contributed by atoms with Crippen LogP contribution in [0.25, 0.3) is 0 Å². The van der Waals surface area contributed by atoms with Crippen molar-refractivity contribution in [3.63, 3.8) is 0 Å². The number of esters is 1. The predicted octanol–water partition coefficient (Wildman–Crippen LogP) is 2.63. The van der Waals surface area contributed by atoms with Crippen molar-refractivity contribution in [1.29, 1.82) is 5.26 Å². The molecule has 1 aliphatic heterocycles. The molecule has 6 heteroatoms. The first-order valence-corrected chi connectivity index (χ1v) is 7.63. The summed E-state index contributed by atoms with van der Waals surface area (Å²) in [6.07, 6.45) is -0.625. The van der Waals surface area contributed by atoms with Gasteiger partial charge in [0, 0.05) is 0 Å². The average molecular weight is 336 g/mol. The van der Waals surface area contributed by atoms with Crippen molar-refractivity contribution in [3.05, 3.63) is 65.2 Å². The molecule has 0 saturated heterocycles. The number of nitrogens with zero attached hydrogens (tertiary/aromatic N) is 2. The van der Waals surface area contributed by atoms with Crippen LogP contribution in [0.2, 0.25) is 0 Å². The summed E-state index contributed by atoms with van der Waals surface area (Å²) in [6, 6.07) is 15.4. The SMILES string of the molecule is COC(=O)[C@@H]1N=C(c2ccccc2OC)O[C@H]1c1ccc(C#N)cc1. The Balaban J connectivity index is 1.98. The van der Waals surface area contributed by atoms with E-state index in [9.17, 15) is 4.79 Å². The second-order valence-electron chi connectivity index (χ2n) is 5.37. The normalized spacial score (nSPS) is 18.7. The molecule has 0 aromatic heterocycles. The van der Waals surface area contributed by atoms with Gasteiger partial charge in [-0.15, -0.1) is 0 Å². The Kier molecular flexibility index (Phi) is 4.66. The van der Waals surface area contributed by atoms with Crippen molar-refractivity contribution < 1.29 is 19.0 Å². The lowest BCUT2D eigenvalue weighted by Crippen LogP contribution is -2.25. The van der Waals surface area contributed by atoms with E-state index < -0.39 is 18.1 Å². The molecule has 25 heavy (non-hydrogen) atoms. The van der Waals surface area contributed by atoms with Crippen LogP contribution in [-0.4, -0.2) is 32.1 Å². The molecule has 0 saturated carbocycles. The molecule has 1 heterocycles. The second kappa shape index (κ2) is 7.05. The summed E-state index contributed by atoms with van der Waals surface area (Å²) in [5.41, 5.74) is 1.93. The van der Waals surface area contributed by atoms with Gasteiger partial charge in [0.15, 0.2) is 12.1 Å². The number of nitriles is 1. The number of ether oxygens (including phenoxy) is 3. The molecule has 0 spiro atoms. The van der Waals surface area contributed by atoms with Crippen LogP contribution in [0.15, 0.2) is 53.5 Å². The second-order valence-corrected chi connectivity index (χ2v) is 5.37. The number of benzene rings is 2. The van der Waals surface area contributed by atoms with Crippen LogP contribution in [0.5, 0.6) is 5.75 Å². The third-order valence-corrected chi connectivity index (χ3v) is 3.93. The fraction of sp³-hybridized carbons (Fsp3) is 0.211. The van der Waals surface area contributed by atoms with E-state index in [-0.39, 0.29) is 0 Å². The quantitative estimate of drug-likeness (QED) is 0.802. The lowest BCUT2D eigenvalue weighted by Gasteiger charge is -2.17. The van der Waals surface area contributed by atoms with Gasteiger partial charge in [-0.2, -0.15) is 5.26 Å². The zero-order valence-electron chi connectivity index (χ0n) is 13.8. The van der Waals surface area contributed by atoms with E-state index in [0.29, 0.717) is 22.8 Å². The van der Waals surface area contributed by atoms with Crippen LogP contribution in [0.3, 0.4) is 0 Å². The molecule has 6 nitrogen and oxygen atoms in total. The van der Waals surface area contributed by atoms with E-state index in [1.165, 1.54) is 7.11 Å². The third kappa shape index (κ3) is 3.17. The minimum Gasteiger partial charge on any atom is -0.496 e. The molecule has 0 aliphatic carbocycles. The first kappa shape index (κ1) is 16.5. The Hall–Kier alpha value is -3.33. The lowest BCUT2D eigenvalue weighted by atomic mass is 10.0. The number of aliphatic imine (C=N–C) groups is 1. The van der Waals surface area contributed by atoms with E-state index in [1.54, 1.807) is 37.4 Å². The Morgan fingerprint density at radius 2 is 1.88 bits per heavy atom. The molecule has 3 rings (SSSR count). The summed E-state index contributed by atoms with van der Waals surface area (Å²) in [5.74, 6) is 0.437. The summed E-state index contributed by atoms with van der Waals surface area (Å²) < 4.78 is 16.2. The number of hydrogen-bond acceptors (Lipinski definition) is 6. The van der Waals surface area contributed by atoms with Gasteiger partial charge >= 0.3 is 5.97 Å². The van der Waals surface area contributed by atoms with Crippen LogP contribution < -0.4 is 4.74 Å². The van der Waals surface area contributed by atoms with Crippen molar-refractivity contribution in [2.24, 2.45) is 4.99 Å². The highest BCUT2D eigenvalue weighted by Crippen LogP contribution is 2.34. The van der Waals surface area contributed by atoms with Gasteiger partial charge in [-0.3, -0.25) is 0 Å². The zero-order valence-corrected chi connectivity index (χ0v) is 13.8.